The van der Waals surface area contributed by atoms with Crippen LogP contribution in [0.2, 0.25) is 5.02 Å². The molecule has 1 aromatic rings. The summed E-state index contributed by atoms with van der Waals surface area (Å²) < 4.78 is 11.1. The first-order chi connectivity index (χ1) is 8.31. The second-order valence-electron chi connectivity index (χ2n) is 3.98. The van der Waals surface area contributed by atoms with Gasteiger partial charge in [-0.05, 0) is 25.3 Å². The summed E-state index contributed by atoms with van der Waals surface area (Å²) >= 11 is 6.05. The van der Waals surface area contributed by atoms with E-state index in [9.17, 15) is 5.11 Å². The van der Waals surface area contributed by atoms with Crippen LogP contribution in [0.5, 0.6) is 0 Å². The van der Waals surface area contributed by atoms with Crippen molar-refractivity contribution < 1.29 is 14.6 Å². The van der Waals surface area contributed by atoms with E-state index >= 15 is 0 Å². The molecule has 1 saturated heterocycles. The van der Waals surface area contributed by atoms with Crippen molar-refractivity contribution in [3.8, 4) is 0 Å². The standard InChI is InChI=1S/C12H16ClNO3/c13-10-4-5-14-11(7-15)9(10)8-17-12-3-1-2-6-16-12/h4-5,12,15H,1-3,6-8H2. The maximum Gasteiger partial charge on any atom is 0.158 e. The van der Waals surface area contributed by atoms with E-state index in [1.807, 2.05) is 0 Å². The molecule has 1 unspecified atom stereocenters. The van der Waals surface area contributed by atoms with E-state index in [4.69, 9.17) is 21.1 Å². The Balaban J connectivity index is 1.97. The predicted molar refractivity (Wildman–Crippen MR) is 63.5 cm³/mol. The summed E-state index contributed by atoms with van der Waals surface area (Å²) in [6, 6.07) is 1.70. The lowest BCUT2D eigenvalue weighted by Gasteiger charge is -2.23. The molecule has 0 aliphatic carbocycles. The van der Waals surface area contributed by atoms with E-state index in [0.29, 0.717) is 17.3 Å². The minimum absolute atomic E-state index is 0.134. The summed E-state index contributed by atoms with van der Waals surface area (Å²) in [4.78, 5) is 4.07. The molecule has 0 amide bonds. The van der Waals surface area contributed by atoms with Crippen molar-refractivity contribution in [2.75, 3.05) is 6.61 Å². The first-order valence-electron chi connectivity index (χ1n) is 5.77. The van der Waals surface area contributed by atoms with Gasteiger partial charge in [-0.25, -0.2) is 0 Å². The molecule has 1 aliphatic rings. The Morgan fingerprint density at radius 3 is 3.12 bits per heavy atom. The van der Waals surface area contributed by atoms with Crippen molar-refractivity contribution in [3.05, 3.63) is 28.5 Å². The Bertz CT molecular complexity index is 367. The summed E-state index contributed by atoms with van der Waals surface area (Å²) in [7, 11) is 0. The molecule has 0 aromatic carbocycles. The summed E-state index contributed by atoms with van der Waals surface area (Å²) in [5.41, 5.74) is 1.30. The van der Waals surface area contributed by atoms with Crippen LogP contribution in [0.3, 0.4) is 0 Å². The number of aliphatic hydroxyl groups excluding tert-OH is 1. The molecule has 2 heterocycles. The van der Waals surface area contributed by atoms with Gasteiger partial charge in [0.1, 0.15) is 0 Å². The van der Waals surface area contributed by atoms with Crippen LogP contribution in [-0.2, 0) is 22.7 Å². The summed E-state index contributed by atoms with van der Waals surface area (Å²) in [5.74, 6) is 0. The number of aliphatic hydroxyl groups is 1. The van der Waals surface area contributed by atoms with Crippen molar-refractivity contribution in [2.24, 2.45) is 0 Å². The van der Waals surface area contributed by atoms with Crippen LogP contribution in [0.15, 0.2) is 12.3 Å². The number of halogens is 1. The van der Waals surface area contributed by atoms with E-state index in [-0.39, 0.29) is 12.9 Å². The van der Waals surface area contributed by atoms with Crippen LogP contribution in [0, 0.1) is 0 Å². The van der Waals surface area contributed by atoms with Crippen LogP contribution in [0.4, 0.5) is 0 Å². The van der Waals surface area contributed by atoms with Gasteiger partial charge in [0.2, 0.25) is 0 Å². The van der Waals surface area contributed by atoms with Crippen molar-refractivity contribution in [3.63, 3.8) is 0 Å². The fraction of sp³-hybridized carbons (Fsp3) is 0.583. The number of aromatic nitrogens is 1. The molecule has 4 nitrogen and oxygen atoms in total. The molecule has 5 heteroatoms. The summed E-state index contributed by atoms with van der Waals surface area (Å²) in [5, 5.41) is 9.74. The molecule has 1 atom stereocenters. The Morgan fingerprint density at radius 1 is 1.53 bits per heavy atom. The van der Waals surface area contributed by atoms with Crippen LogP contribution in [0.1, 0.15) is 30.5 Å². The van der Waals surface area contributed by atoms with Gasteiger partial charge >= 0.3 is 0 Å². The highest BCUT2D eigenvalue weighted by atomic mass is 35.5. The Labute approximate surface area is 106 Å². The molecule has 0 spiro atoms. The number of ether oxygens (including phenoxy) is 2. The molecule has 0 radical (unpaired) electrons. The number of hydrogen-bond acceptors (Lipinski definition) is 4. The Morgan fingerprint density at radius 2 is 2.41 bits per heavy atom. The zero-order valence-corrected chi connectivity index (χ0v) is 10.3. The zero-order chi connectivity index (χ0) is 12.1. The van der Waals surface area contributed by atoms with Gasteiger partial charge in [0, 0.05) is 23.4 Å². The smallest absolute Gasteiger partial charge is 0.158 e. The molecule has 0 saturated carbocycles. The quantitative estimate of drug-likeness (QED) is 0.899. The third kappa shape index (κ3) is 3.39. The second-order valence-corrected chi connectivity index (χ2v) is 4.39. The number of nitrogens with zero attached hydrogens (tertiary/aromatic N) is 1. The van der Waals surface area contributed by atoms with Crippen LogP contribution in [0.25, 0.3) is 0 Å². The van der Waals surface area contributed by atoms with Gasteiger partial charge in [-0.15, -0.1) is 0 Å². The minimum atomic E-state index is -0.161. The topological polar surface area (TPSA) is 51.6 Å². The van der Waals surface area contributed by atoms with Gasteiger partial charge in [0.15, 0.2) is 6.29 Å². The largest absolute Gasteiger partial charge is 0.390 e. The van der Waals surface area contributed by atoms with Crippen molar-refractivity contribution in [2.45, 2.75) is 38.8 Å². The summed E-state index contributed by atoms with van der Waals surface area (Å²) in [6.45, 7) is 0.941. The fourth-order valence-corrected chi connectivity index (χ4v) is 2.04. The molecule has 1 aromatic heterocycles. The molecular formula is C12H16ClNO3. The first-order valence-corrected chi connectivity index (χ1v) is 6.15. The maximum absolute atomic E-state index is 9.17. The van der Waals surface area contributed by atoms with E-state index in [0.717, 1.165) is 31.4 Å². The molecule has 1 aliphatic heterocycles. The summed E-state index contributed by atoms with van der Waals surface area (Å²) in [6.07, 6.45) is 4.54. The molecule has 1 fully saturated rings. The molecule has 0 bridgehead atoms. The minimum Gasteiger partial charge on any atom is -0.390 e. The van der Waals surface area contributed by atoms with Gasteiger partial charge in [-0.2, -0.15) is 0 Å². The SMILES string of the molecule is OCc1nccc(Cl)c1COC1CCCCO1. The average Bonchev–Trinajstić information content (AvgIpc) is 2.38. The highest BCUT2D eigenvalue weighted by Crippen LogP contribution is 2.22. The van der Waals surface area contributed by atoms with E-state index in [2.05, 4.69) is 4.98 Å². The zero-order valence-electron chi connectivity index (χ0n) is 9.56. The van der Waals surface area contributed by atoms with Crippen molar-refractivity contribution in [1.82, 2.24) is 4.98 Å². The first kappa shape index (κ1) is 12.8. The highest BCUT2D eigenvalue weighted by molar-refractivity contribution is 6.31. The van der Waals surface area contributed by atoms with Gasteiger partial charge in [-0.1, -0.05) is 11.6 Å². The fourth-order valence-electron chi connectivity index (χ4n) is 1.82. The monoisotopic (exact) mass is 257 g/mol. The van der Waals surface area contributed by atoms with E-state index < -0.39 is 0 Å². The lowest BCUT2D eigenvalue weighted by molar-refractivity contribution is -0.169. The number of pyridine rings is 1. The molecule has 2 rings (SSSR count). The molecular weight excluding hydrogens is 242 g/mol. The molecule has 1 N–H and O–H groups in total. The van der Waals surface area contributed by atoms with Gasteiger partial charge < -0.3 is 14.6 Å². The predicted octanol–water partition coefficient (Wildman–Crippen LogP) is 2.27. The second kappa shape index (κ2) is 6.31. The van der Waals surface area contributed by atoms with Crippen LogP contribution >= 0.6 is 11.6 Å². The third-order valence-electron chi connectivity index (χ3n) is 2.79. The Kier molecular flexibility index (Phi) is 4.74. The average molecular weight is 258 g/mol. The number of rotatable bonds is 4. The van der Waals surface area contributed by atoms with Gasteiger partial charge in [0.25, 0.3) is 0 Å². The maximum atomic E-state index is 9.17. The third-order valence-corrected chi connectivity index (χ3v) is 3.14. The molecule has 17 heavy (non-hydrogen) atoms. The van der Waals surface area contributed by atoms with Gasteiger partial charge in [0.05, 0.1) is 18.9 Å². The molecule has 94 valence electrons. The van der Waals surface area contributed by atoms with Crippen LogP contribution < -0.4 is 0 Å². The normalized spacial score (nSPS) is 20.5. The highest BCUT2D eigenvalue weighted by Gasteiger charge is 2.16. The van der Waals surface area contributed by atoms with Gasteiger partial charge in [-0.3, -0.25) is 4.98 Å². The van der Waals surface area contributed by atoms with Crippen molar-refractivity contribution >= 4 is 11.6 Å². The lowest BCUT2D eigenvalue weighted by atomic mass is 10.2. The number of hydrogen-bond donors (Lipinski definition) is 1. The van der Waals surface area contributed by atoms with Crippen molar-refractivity contribution in [1.29, 1.82) is 0 Å². The Hall–Kier alpha value is -0.680. The van der Waals surface area contributed by atoms with E-state index in [1.54, 1.807) is 12.3 Å². The van der Waals surface area contributed by atoms with Crippen LogP contribution in [-0.4, -0.2) is 23.0 Å². The van der Waals surface area contributed by atoms with E-state index in [1.165, 1.54) is 0 Å². The lowest BCUT2D eigenvalue weighted by Crippen LogP contribution is -2.22.